The standard InChI is InChI=1S/C20H21N3O4/c1-13-20(26)23(16-8-4-5-9-17(16)27-13)11-10-19(25)22-15-7-3-2-6-14(15)12-18(21)24/h2-9,13H,10-12H2,1H3,(H2,21,24)(H,22,25). The number of rotatable bonds is 6. The first-order chi connectivity index (χ1) is 13.0. The minimum atomic E-state index is -0.598. The number of anilines is 2. The maximum Gasteiger partial charge on any atom is 0.267 e. The zero-order chi connectivity index (χ0) is 19.4. The van der Waals surface area contributed by atoms with Gasteiger partial charge in [0.2, 0.25) is 11.8 Å². The summed E-state index contributed by atoms with van der Waals surface area (Å²) >= 11 is 0. The van der Waals surface area contributed by atoms with Crippen molar-refractivity contribution < 1.29 is 19.1 Å². The Kier molecular flexibility index (Phi) is 5.40. The van der Waals surface area contributed by atoms with Gasteiger partial charge in [-0.25, -0.2) is 0 Å². The third-order valence-electron chi connectivity index (χ3n) is 4.29. The zero-order valence-electron chi connectivity index (χ0n) is 15.0. The van der Waals surface area contributed by atoms with E-state index >= 15 is 0 Å². The zero-order valence-corrected chi connectivity index (χ0v) is 15.0. The van der Waals surface area contributed by atoms with Gasteiger partial charge in [-0.3, -0.25) is 14.4 Å². The van der Waals surface area contributed by atoms with Crippen LogP contribution in [0.1, 0.15) is 18.9 Å². The van der Waals surface area contributed by atoms with E-state index in [-0.39, 0.29) is 31.2 Å². The Balaban J connectivity index is 1.68. The molecule has 1 unspecified atom stereocenters. The molecule has 140 valence electrons. The first kappa shape index (κ1) is 18.4. The van der Waals surface area contributed by atoms with Crippen LogP contribution in [0.5, 0.6) is 5.75 Å². The second kappa shape index (κ2) is 7.90. The molecule has 1 atom stereocenters. The van der Waals surface area contributed by atoms with E-state index in [2.05, 4.69) is 5.32 Å². The van der Waals surface area contributed by atoms with Crippen molar-refractivity contribution in [2.24, 2.45) is 5.73 Å². The number of hydrogen-bond donors (Lipinski definition) is 2. The smallest absolute Gasteiger partial charge is 0.267 e. The van der Waals surface area contributed by atoms with Gasteiger partial charge in [-0.1, -0.05) is 30.3 Å². The van der Waals surface area contributed by atoms with Crippen LogP contribution in [0.2, 0.25) is 0 Å². The average molecular weight is 367 g/mol. The van der Waals surface area contributed by atoms with Crippen LogP contribution in [0.25, 0.3) is 0 Å². The van der Waals surface area contributed by atoms with E-state index in [1.54, 1.807) is 48.2 Å². The van der Waals surface area contributed by atoms with Crippen molar-refractivity contribution in [3.8, 4) is 5.75 Å². The fourth-order valence-corrected chi connectivity index (χ4v) is 3.00. The van der Waals surface area contributed by atoms with Crippen molar-refractivity contribution in [3.05, 3.63) is 54.1 Å². The lowest BCUT2D eigenvalue weighted by Gasteiger charge is -2.32. The number of hydrogen-bond acceptors (Lipinski definition) is 4. The van der Waals surface area contributed by atoms with Gasteiger partial charge in [0.05, 0.1) is 12.1 Å². The highest BCUT2D eigenvalue weighted by atomic mass is 16.5. The first-order valence-electron chi connectivity index (χ1n) is 8.69. The number of primary amides is 1. The van der Waals surface area contributed by atoms with E-state index in [1.165, 1.54) is 0 Å². The summed E-state index contributed by atoms with van der Waals surface area (Å²) in [6.45, 7) is 1.92. The van der Waals surface area contributed by atoms with Crippen molar-refractivity contribution in [2.75, 3.05) is 16.8 Å². The van der Waals surface area contributed by atoms with Crippen molar-refractivity contribution in [3.63, 3.8) is 0 Å². The van der Waals surface area contributed by atoms with E-state index < -0.39 is 12.0 Å². The van der Waals surface area contributed by atoms with Crippen LogP contribution >= 0.6 is 0 Å². The Morgan fingerprint density at radius 2 is 1.85 bits per heavy atom. The predicted molar refractivity (Wildman–Crippen MR) is 101 cm³/mol. The quantitative estimate of drug-likeness (QED) is 0.813. The molecule has 3 N–H and O–H groups in total. The summed E-state index contributed by atoms with van der Waals surface area (Å²) in [5.74, 6) is -0.287. The number of para-hydroxylation sites is 3. The molecule has 0 radical (unpaired) electrons. The first-order valence-corrected chi connectivity index (χ1v) is 8.69. The second-order valence-electron chi connectivity index (χ2n) is 6.32. The number of nitrogens with two attached hydrogens (primary N) is 1. The maximum absolute atomic E-state index is 12.5. The molecule has 2 aromatic carbocycles. The Labute approximate surface area is 157 Å². The Morgan fingerprint density at radius 1 is 1.15 bits per heavy atom. The highest BCUT2D eigenvalue weighted by molar-refractivity contribution is 6.01. The van der Waals surface area contributed by atoms with Gasteiger partial charge in [0, 0.05) is 18.7 Å². The number of carbonyl (C=O) groups excluding carboxylic acids is 3. The fraction of sp³-hybridized carbons (Fsp3) is 0.250. The van der Waals surface area contributed by atoms with Crippen LogP contribution in [0.3, 0.4) is 0 Å². The van der Waals surface area contributed by atoms with Crippen molar-refractivity contribution in [1.82, 2.24) is 0 Å². The molecular formula is C20H21N3O4. The molecule has 0 spiro atoms. The van der Waals surface area contributed by atoms with Crippen LogP contribution in [-0.2, 0) is 20.8 Å². The molecule has 27 heavy (non-hydrogen) atoms. The number of carbonyl (C=O) groups is 3. The summed E-state index contributed by atoms with van der Waals surface area (Å²) in [4.78, 5) is 37.6. The highest BCUT2D eigenvalue weighted by Crippen LogP contribution is 2.33. The minimum Gasteiger partial charge on any atom is -0.479 e. The third-order valence-corrected chi connectivity index (χ3v) is 4.29. The van der Waals surface area contributed by atoms with Crippen LogP contribution in [-0.4, -0.2) is 30.4 Å². The number of nitrogens with one attached hydrogen (secondary N) is 1. The van der Waals surface area contributed by atoms with E-state index in [4.69, 9.17) is 10.5 Å². The maximum atomic E-state index is 12.5. The molecule has 1 aliphatic heterocycles. The van der Waals surface area contributed by atoms with E-state index in [1.807, 2.05) is 12.1 Å². The fourth-order valence-electron chi connectivity index (χ4n) is 3.00. The molecule has 0 fully saturated rings. The monoisotopic (exact) mass is 367 g/mol. The number of amides is 3. The molecule has 0 saturated heterocycles. The Bertz CT molecular complexity index is 881. The average Bonchev–Trinajstić information content (AvgIpc) is 2.63. The lowest BCUT2D eigenvalue weighted by atomic mass is 10.1. The second-order valence-corrected chi connectivity index (χ2v) is 6.32. The molecule has 0 aromatic heterocycles. The summed E-state index contributed by atoms with van der Waals surface area (Å²) in [6.07, 6.45) is -0.444. The summed E-state index contributed by atoms with van der Waals surface area (Å²) in [6, 6.07) is 14.2. The van der Waals surface area contributed by atoms with Crippen molar-refractivity contribution in [1.29, 1.82) is 0 Å². The molecular weight excluding hydrogens is 346 g/mol. The van der Waals surface area contributed by atoms with E-state index in [0.717, 1.165) is 0 Å². The van der Waals surface area contributed by atoms with Crippen molar-refractivity contribution in [2.45, 2.75) is 25.9 Å². The molecule has 7 heteroatoms. The molecule has 0 saturated carbocycles. The van der Waals surface area contributed by atoms with Gasteiger partial charge < -0.3 is 20.7 Å². The highest BCUT2D eigenvalue weighted by Gasteiger charge is 2.31. The van der Waals surface area contributed by atoms with Crippen LogP contribution in [0.15, 0.2) is 48.5 Å². The normalized spacial score (nSPS) is 15.7. The molecule has 0 aliphatic carbocycles. The molecule has 1 heterocycles. The molecule has 3 rings (SSSR count). The summed E-state index contributed by atoms with van der Waals surface area (Å²) < 4.78 is 5.59. The molecule has 3 amide bonds. The van der Waals surface area contributed by atoms with Crippen LogP contribution < -0.4 is 20.7 Å². The lowest BCUT2D eigenvalue weighted by Crippen LogP contribution is -2.45. The Morgan fingerprint density at radius 3 is 2.63 bits per heavy atom. The van der Waals surface area contributed by atoms with Crippen molar-refractivity contribution >= 4 is 29.1 Å². The number of ether oxygens (including phenoxy) is 1. The largest absolute Gasteiger partial charge is 0.479 e. The topological polar surface area (TPSA) is 102 Å². The number of fused-ring (bicyclic) bond motifs is 1. The summed E-state index contributed by atoms with van der Waals surface area (Å²) in [5.41, 5.74) is 7.10. The lowest BCUT2D eigenvalue weighted by molar-refractivity contribution is -0.125. The van der Waals surface area contributed by atoms with Gasteiger partial charge in [-0.15, -0.1) is 0 Å². The van der Waals surface area contributed by atoms with Crippen LogP contribution in [0.4, 0.5) is 11.4 Å². The molecule has 2 aromatic rings. The van der Waals surface area contributed by atoms with Gasteiger partial charge in [0.15, 0.2) is 6.10 Å². The molecule has 1 aliphatic rings. The number of nitrogens with zero attached hydrogens (tertiary/aromatic N) is 1. The summed E-state index contributed by atoms with van der Waals surface area (Å²) in [5, 5.41) is 2.79. The predicted octanol–water partition coefficient (Wildman–Crippen LogP) is 1.86. The van der Waals surface area contributed by atoms with Gasteiger partial charge in [-0.2, -0.15) is 0 Å². The van der Waals surface area contributed by atoms with Gasteiger partial charge >= 0.3 is 0 Å². The Hall–Kier alpha value is -3.35. The van der Waals surface area contributed by atoms with Gasteiger partial charge in [0.1, 0.15) is 5.75 Å². The summed E-state index contributed by atoms with van der Waals surface area (Å²) in [7, 11) is 0. The van der Waals surface area contributed by atoms with Gasteiger partial charge in [-0.05, 0) is 30.7 Å². The SMILES string of the molecule is CC1Oc2ccccc2N(CCC(=O)Nc2ccccc2CC(N)=O)C1=O. The van der Waals surface area contributed by atoms with E-state index in [9.17, 15) is 14.4 Å². The third kappa shape index (κ3) is 4.25. The minimum absolute atomic E-state index is 0.0449. The molecule has 7 nitrogen and oxygen atoms in total. The van der Waals surface area contributed by atoms with Crippen LogP contribution in [0, 0.1) is 0 Å². The van der Waals surface area contributed by atoms with E-state index in [0.29, 0.717) is 22.7 Å². The van der Waals surface area contributed by atoms with Gasteiger partial charge in [0.25, 0.3) is 5.91 Å². The number of benzene rings is 2. The molecule has 0 bridgehead atoms.